The Labute approximate surface area is 139 Å². The summed E-state index contributed by atoms with van der Waals surface area (Å²) in [6, 6.07) is 7.09. The zero-order valence-corrected chi connectivity index (χ0v) is 13.4. The highest BCUT2D eigenvalue weighted by atomic mass is 16.4. The van der Waals surface area contributed by atoms with E-state index < -0.39 is 5.97 Å². The molecule has 2 rings (SSSR count). The van der Waals surface area contributed by atoms with Crippen molar-refractivity contribution in [3.8, 4) is 5.69 Å². The van der Waals surface area contributed by atoms with Gasteiger partial charge in [-0.3, -0.25) is 9.59 Å². The van der Waals surface area contributed by atoms with Crippen molar-refractivity contribution in [1.82, 2.24) is 25.5 Å². The van der Waals surface area contributed by atoms with Crippen LogP contribution in [0.5, 0.6) is 0 Å². The van der Waals surface area contributed by atoms with E-state index in [4.69, 9.17) is 5.11 Å². The van der Waals surface area contributed by atoms with Gasteiger partial charge in [0.1, 0.15) is 6.33 Å². The third kappa shape index (κ3) is 5.79. The van der Waals surface area contributed by atoms with Crippen molar-refractivity contribution in [2.75, 3.05) is 6.54 Å². The van der Waals surface area contributed by atoms with Crippen LogP contribution < -0.4 is 5.32 Å². The first-order chi connectivity index (χ1) is 11.7. The van der Waals surface area contributed by atoms with Gasteiger partial charge in [0.05, 0.1) is 5.69 Å². The summed E-state index contributed by atoms with van der Waals surface area (Å²) in [4.78, 5) is 22.5. The van der Waals surface area contributed by atoms with Crippen LogP contribution in [0.25, 0.3) is 5.69 Å². The number of nitrogens with zero attached hydrogens (tertiary/aromatic N) is 4. The molecule has 8 nitrogen and oxygen atoms in total. The van der Waals surface area contributed by atoms with Gasteiger partial charge in [-0.25, -0.2) is 4.68 Å². The molecular weight excluding hydrogens is 310 g/mol. The summed E-state index contributed by atoms with van der Waals surface area (Å²) < 4.78 is 1.49. The molecule has 0 radical (unpaired) electrons. The van der Waals surface area contributed by atoms with Gasteiger partial charge in [0.2, 0.25) is 0 Å². The summed E-state index contributed by atoms with van der Waals surface area (Å²) in [5, 5.41) is 22.4. The van der Waals surface area contributed by atoms with Gasteiger partial charge in [-0.2, -0.15) is 0 Å². The Morgan fingerprint density at radius 1 is 1.12 bits per heavy atom. The fourth-order valence-corrected chi connectivity index (χ4v) is 2.30. The molecule has 0 atom stereocenters. The Balaban J connectivity index is 1.68. The number of carbonyl (C=O) groups excluding carboxylic acids is 1. The molecule has 8 heteroatoms. The van der Waals surface area contributed by atoms with Crippen molar-refractivity contribution in [1.29, 1.82) is 0 Å². The van der Waals surface area contributed by atoms with Crippen molar-refractivity contribution in [3.05, 3.63) is 36.2 Å². The van der Waals surface area contributed by atoms with Crippen LogP contribution in [0.3, 0.4) is 0 Å². The van der Waals surface area contributed by atoms with Crippen molar-refractivity contribution in [2.24, 2.45) is 0 Å². The van der Waals surface area contributed by atoms with Gasteiger partial charge in [-0.1, -0.05) is 25.3 Å². The van der Waals surface area contributed by atoms with E-state index in [0.29, 0.717) is 18.5 Å². The lowest BCUT2D eigenvalue weighted by molar-refractivity contribution is -0.137. The third-order valence-electron chi connectivity index (χ3n) is 3.57. The fourth-order valence-electron chi connectivity index (χ4n) is 2.30. The van der Waals surface area contributed by atoms with Crippen LogP contribution in [0.1, 0.15) is 48.9 Å². The molecule has 24 heavy (non-hydrogen) atoms. The monoisotopic (exact) mass is 331 g/mol. The number of benzene rings is 1. The predicted molar refractivity (Wildman–Crippen MR) is 86.8 cm³/mol. The average molecular weight is 331 g/mol. The zero-order chi connectivity index (χ0) is 17.2. The predicted octanol–water partition coefficient (Wildman–Crippen LogP) is 1.82. The lowest BCUT2D eigenvalue weighted by atomic mass is 10.1. The highest BCUT2D eigenvalue weighted by molar-refractivity contribution is 5.94. The zero-order valence-electron chi connectivity index (χ0n) is 13.4. The Bertz CT molecular complexity index is 657. The number of hydrogen-bond acceptors (Lipinski definition) is 5. The Morgan fingerprint density at radius 3 is 2.67 bits per heavy atom. The fraction of sp³-hybridized carbons (Fsp3) is 0.438. The molecule has 0 aliphatic rings. The number of aliphatic carboxylic acids is 1. The molecular formula is C16H21N5O3. The summed E-state index contributed by atoms with van der Waals surface area (Å²) in [6.07, 6.45) is 6.17. The van der Waals surface area contributed by atoms with Gasteiger partial charge >= 0.3 is 5.97 Å². The maximum absolute atomic E-state index is 12.1. The standard InChI is InChI=1S/C16H21N5O3/c22-15(23)9-4-2-1-3-5-10-17-16(24)13-7-6-8-14(11-13)21-12-18-19-20-21/h6-8,11-12H,1-5,9-10H2,(H,17,24)(H,22,23). The summed E-state index contributed by atoms with van der Waals surface area (Å²) in [7, 11) is 0. The summed E-state index contributed by atoms with van der Waals surface area (Å²) in [6.45, 7) is 0.604. The van der Waals surface area contributed by atoms with Gasteiger partial charge in [0.15, 0.2) is 0 Å². The van der Waals surface area contributed by atoms with E-state index in [2.05, 4.69) is 20.8 Å². The quantitative estimate of drug-likeness (QED) is 0.643. The lowest BCUT2D eigenvalue weighted by Gasteiger charge is -2.07. The van der Waals surface area contributed by atoms with Crippen LogP contribution in [0, 0.1) is 0 Å². The molecule has 0 aliphatic carbocycles. The number of aromatic nitrogens is 4. The summed E-state index contributed by atoms with van der Waals surface area (Å²) in [5.74, 6) is -0.873. The van der Waals surface area contributed by atoms with E-state index in [1.54, 1.807) is 18.2 Å². The minimum absolute atomic E-state index is 0.129. The van der Waals surface area contributed by atoms with Crippen molar-refractivity contribution >= 4 is 11.9 Å². The average Bonchev–Trinajstić information content (AvgIpc) is 3.11. The van der Waals surface area contributed by atoms with Crippen LogP contribution in [-0.4, -0.2) is 43.7 Å². The number of rotatable bonds is 10. The van der Waals surface area contributed by atoms with Crippen molar-refractivity contribution in [3.63, 3.8) is 0 Å². The first-order valence-electron chi connectivity index (χ1n) is 8.00. The van der Waals surface area contributed by atoms with Gasteiger partial charge in [0.25, 0.3) is 5.91 Å². The lowest BCUT2D eigenvalue weighted by Crippen LogP contribution is -2.24. The SMILES string of the molecule is O=C(O)CCCCCCCNC(=O)c1cccc(-n2cnnn2)c1. The largest absolute Gasteiger partial charge is 0.481 e. The maximum Gasteiger partial charge on any atom is 0.303 e. The molecule has 0 saturated carbocycles. The smallest absolute Gasteiger partial charge is 0.303 e. The number of amides is 1. The number of nitrogens with one attached hydrogen (secondary N) is 1. The molecule has 2 N–H and O–H groups in total. The molecule has 1 aromatic carbocycles. The van der Waals surface area contributed by atoms with Crippen molar-refractivity contribution in [2.45, 2.75) is 38.5 Å². The number of unbranched alkanes of at least 4 members (excludes halogenated alkanes) is 4. The van der Waals surface area contributed by atoms with E-state index in [1.165, 1.54) is 11.0 Å². The Hall–Kier alpha value is -2.77. The van der Waals surface area contributed by atoms with Gasteiger partial charge in [0, 0.05) is 18.5 Å². The second kappa shape index (κ2) is 9.39. The van der Waals surface area contributed by atoms with Crippen LogP contribution >= 0.6 is 0 Å². The van der Waals surface area contributed by atoms with Crippen LogP contribution in [0.4, 0.5) is 0 Å². The topological polar surface area (TPSA) is 110 Å². The number of hydrogen-bond donors (Lipinski definition) is 2. The number of carboxylic acids is 1. The molecule has 0 fully saturated rings. The molecule has 0 saturated heterocycles. The van der Waals surface area contributed by atoms with E-state index in [9.17, 15) is 9.59 Å². The van der Waals surface area contributed by atoms with E-state index >= 15 is 0 Å². The third-order valence-corrected chi connectivity index (χ3v) is 3.57. The number of tetrazole rings is 1. The molecule has 1 aromatic heterocycles. The molecule has 0 aliphatic heterocycles. The normalized spacial score (nSPS) is 10.5. The van der Waals surface area contributed by atoms with Crippen molar-refractivity contribution < 1.29 is 14.7 Å². The van der Waals surface area contributed by atoms with Gasteiger partial charge in [-0.05, 0) is 41.5 Å². The molecule has 0 bridgehead atoms. The summed E-state index contributed by atoms with van der Waals surface area (Å²) >= 11 is 0. The number of carboxylic acid groups (broad SMARTS) is 1. The highest BCUT2D eigenvalue weighted by Crippen LogP contribution is 2.09. The molecule has 1 amide bonds. The summed E-state index contributed by atoms with van der Waals surface area (Å²) in [5.41, 5.74) is 1.29. The van der Waals surface area contributed by atoms with Gasteiger partial charge in [-0.15, -0.1) is 5.10 Å². The molecule has 0 spiro atoms. The Kier molecular flexibility index (Phi) is 6.88. The van der Waals surface area contributed by atoms with Crippen LogP contribution in [0.15, 0.2) is 30.6 Å². The highest BCUT2D eigenvalue weighted by Gasteiger charge is 2.07. The first kappa shape index (κ1) is 17.6. The Morgan fingerprint density at radius 2 is 1.92 bits per heavy atom. The molecule has 0 unspecified atom stereocenters. The van der Waals surface area contributed by atoms with E-state index in [0.717, 1.165) is 31.4 Å². The van der Waals surface area contributed by atoms with E-state index in [-0.39, 0.29) is 12.3 Å². The maximum atomic E-state index is 12.1. The molecule has 128 valence electrons. The molecule has 2 aromatic rings. The van der Waals surface area contributed by atoms with Gasteiger partial charge < -0.3 is 10.4 Å². The minimum atomic E-state index is -0.744. The van der Waals surface area contributed by atoms with Crippen LogP contribution in [-0.2, 0) is 4.79 Å². The first-order valence-corrected chi connectivity index (χ1v) is 8.00. The second-order valence-electron chi connectivity index (χ2n) is 5.47. The van der Waals surface area contributed by atoms with Crippen LogP contribution in [0.2, 0.25) is 0 Å². The molecule has 1 heterocycles. The number of carbonyl (C=O) groups is 2. The van der Waals surface area contributed by atoms with E-state index in [1.807, 2.05) is 6.07 Å². The minimum Gasteiger partial charge on any atom is -0.481 e. The second-order valence-corrected chi connectivity index (χ2v) is 5.47.